The van der Waals surface area contributed by atoms with E-state index in [1.807, 2.05) is 5.32 Å². The van der Waals surface area contributed by atoms with Gasteiger partial charge in [0, 0.05) is 7.05 Å². The Labute approximate surface area is 96.1 Å². The van der Waals surface area contributed by atoms with E-state index in [1.165, 1.54) is 7.05 Å². The molecule has 0 radical (unpaired) electrons. The molecule has 1 unspecified atom stereocenters. The number of imide groups is 2. The van der Waals surface area contributed by atoms with Gasteiger partial charge < -0.3 is 5.32 Å². The number of nitrogens with zero attached hydrogens (tertiary/aromatic N) is 1. The summed E-state index contributed by atoms with van der Waals surface area (Å²) < 4.78 is 0. The van der Waals surface area contributed by atoms with Gasteiger partial charge in [-0.25, -0.2) is 4.79 Å². The van der Waals surface area contributed by atoms with Crippen molar-refractivity contribution < 1.29 is 19.2 Å². The van der Waals surface area contributed by atoms with Crippen LogP contribution in [0.25, 0.3) is 0 Å². The predicted molar refractivity (Wildman–Crippen MR) is 53.6 cm³/mol. The van der Waals surface area contributed by atoms with Gasteiger partial charge >= 0.3 is 6.03 Å². The molecule has 1 saturated heterocycles. The van der Waals surface area contributed by atoms with Crippen molar-refractivity contribution in [3.05, 3.63) is 0 Å². The van der Waals surface area contributed by atoms with Crippen LogP contribution in [0.15, 0.2) is 0 Å². The largest absolute Gasteiger partial charge is 0.325 e. The summed E-state index contributed by atoms with van der Waals surface area (Å²) in [7, 11) is 1.33. The van der Waals surface area contributed by atoms with Crippen molar-refractivity contribution in [2.24, 2.45) is 0 Å². The molecule has 16 heavy (non-hydrogen) atoms. The number of halogens is 1. The Balaban J connectivity index is 2.50. The summed E-state index contributed by atoms with van der Waals surface area (Å²) in [5, 5.41) is 4.12. The zero-order valence-electron chi connectivity index (χ0n) is 8.45. The lowest BCUT2D eigenvalue weighted by atomic mass is 10.2. The number of likely N-dealkylation sites (N-methyl/N-ethyl adjacent to an activating group) is 1. The standard InChI is InChI=1S/C8H10ClN3O4/c1-12-6(14)2-4(7(12)15)10-8(16)11-5(13)3-9/h4H,2-3H2,1H3,(H2,10,11,13,16). The van der Waals surface area contributed by atoms with Crippen LogP contribution in [-0.4, -0.2) is 47.6 Å². The van der Waals surface area contributed by atoms with E-state index in [9.17, 15) is 19.2 Å². The molecule has 2 N–H and O–H groups in total. The maximum atomic E-state index is 11.4. The zero-order valence-corrected chi connectivity index (χ0v) is 9.21. The summed E-state index contributed by atoms with van der Waals surface area (Å²) in [5.74, 6) is -1.91. The van der Waals surface area contributed by atoms with Gasteiger partial charge in [-0.15, -0.1) is 11.6 Å². The molecule has 0 aromatic rings. The highest BCUT2D eigenvalue weighted by atomic mass is 35.5. The van der Waals surface area contributed by atoms with Crippen LogP contribution in [0.3, 0.4) is 0 Å². The average molecular weight is 248 g/mol. The Hall–Kier alpha value is -1.63. The molecular formula is C8H10ClN3O4. The van der Waals surface area contributed by atoms with Gasteiger partial charge in [-0.1, -0.05) is 0 Å². The molecule has 0 aromatic carbocycles. The van der Waals surface area contributed by atoms with E-state index < -0.39 is 23.9 Å². The molecule has 5 amide bonds. The van der Waals surface area contributed by atoms with Crippen LogP contribution in [0, 0.1) is 0 Å². The third-order valence-corrected chi connectivity index (χ3v) is 2.30. The molecule has 88 valence electrons. The predicted octanol–water partition coefficient (Wildman–Crippen LogP) is -1.19. The fraction of sp³-hybridized carbons (Fsp3) is 0.500. The third kappa shape index (κ3) is 2.69. The van der Waals surface area contributed by atoms with Gasteiger partial charge in [0.15, 0.2) is 0 Å². The topological polar surface area (TPSA) is 95.6 Å². The van der Waals surface area contributed by atoms with Crippen molar-refractivity contribution in [2.45, 2.75) is 12.5 Å². The summed E-state index contributed by atoms with van der Waals surface area (Å²) >= 11 is 5.17. The Morgan fingerprint density at radius 3 is 2.56 bits per heavy atom. The van der Waals surface area contributed by atoms with Gasteiger partial charge in [0.25, 0.3) is 5.91 Å². The van der Waals surface area contributed by atoms with E-state index in [0.29, 0.717) is 0 Å². The molecule has 0 spiro atoms. The van der Waals surface area contributed by atoms with Crippen molar-refractivity contribution in [2.75, 3.05) is 12.9 Å². The molecule has 1 rings (SSSR count). The number of hydrogen-bond acceptors (Lipinski definition) is 4. The van der Waals surface area contributed by atoms with Crippen LogP contribution in [0.4, 0.5) is 4.79 Å². The van der Waals surface area contributed by atoms with Gasteiger partial charge in [-0.3, -0.25) is 24.6 Å². The highest BCUT2D eigenvalue weighted by Gasteiger charge is 2.37. The summed E-state index contributed by atoms with van der Waals surface area (Å²) in [6.45, 7) is 0. The Kier molecular flexibility index (Phi) is 3.83. The highest BCUT2D eigenvalue weighted by molar-refractivity contribution is 6.28. The number of carbonyl (C=O) groups is 4. The molecule has 8 heteroatoms. The smallest absolute Gasteiger partial charge is 0.322 e. The molecule has 0 aromatic heterocycles. The Morgan fingerprint density at radius 1 is 1.50 bits per heavy atom. The van der Waals surface area contributed by atoms with E-state index in [0.717, 1.165) is 4.90 Å². The van der Waals surface area contributed by atoms with Crippen molar-refractivity contribution in [3.63, 3.8) is 0 Å². The number of urea groups is 1. The molecule has 1 aliphatic heterocycles. The Bertz CT molecular complexity index is 357. The van der Waals surface area contributed by atoms with Crippen LogP contribution in [-0.2, 0) is 14.4 Å². The molecule has 0 aliphatic carbocycles. The summed E-state index contributed by atoms with van der Waals surface area (Å²) in [5.41, 5.74) is 0. The fourth-order valence-corrected chi connectivity index (χ4v) is 1.29. The monoisotopic (exact) mass is 247 g/mol. The van der Waals surface area contributed by atoms with E-state index in [1.54, 1.807) is 0 Å². The van der Waals surface area contributed by atoms with E-state index in [4.69, 9.17) is 11.6 Å². The summed E-state index contributed by atoms with van der Waals surface area (Å²) in [6, 6.07) is -1.76. The van der Waals surface area contributed by atoms with E-state index in [-0.39, 0.29) is 18.2 Å². The highest BCUT2D eigenvalue weighted by Crippen LogP contribution is 2.09. The van der Waals surface area contributed by atoms with Crippen LogP contribution in [0.1, 0.15) is 6.42 Å². The van der Waals surface area contributed by atoms with Crippen molar-refractivity contribution in [1.82, 2.24) is 15.5 Å². The number of alkyl halides is 1. The van der Waals surface area contributed by atoms with Crippen molar-refractivity contribution >= 4 is 35.4 Å². The normalized spacial score (nSPS) is 19.9. The first-order chi connectivity index (χ1) is 7.45. The minimum absolute atomic E-state index is 0.0994. The Morgan fingerprint density at radius 2 is 2.12 bits per heavy atom. The van der Waals surface area contributed by atoms with Crippen LogP contribution in [0.2, 0.25) is 0 Å². The second-order valence-electron chi connectivity index (χ2n) is 3.20. The van der Waals surface area contributed by atoms with Crippen LogP contribution >= 0.6 is 11.6 Å². The second-order valence-corrected chi connectivity index (χ2v) is 3.47. The molecule has 1 atom stereocenters. The summed E-state index contributed by atoms with van der Waals surface area (Å²) in [6.07, 6.45) is -0.0994. The molecule has 0 saturated carbocycles. The minimum atomic E-state index is -0.916. The molecule has 1 aliphatic rings. The van der Waals surface area contributed by atoms with Gasteiger partial charge in [-0.2, -0.15) is 0 Å². The van der Waals surface area contributed by atoms with Crippen LogP contribution in [0.5, 0.6) is 0 Å². The average Bonchev–Trinajstić information content (AvgIpc) is 2.46. The first kappa shape index (κ1) is 12.4. The van der Waals surface area contributed by atoms with E-state index >= 15 is 0 Å². The molecule has 0 bridgehead atoms. The van der Waals surface area contributed by atoms with Crippen molar-refractivity contribution in [3.8, 4) is 0 Å². The number of amides is 5. The number of carbonyl (C=O) groups excluding carboxylic acids is 4. The first-order valence-corrected chi connectivity index (χ1v) is 4.96. The quantitative estimate of drug-likeness (QED) is 0.474. The second kappa shape index (κ2) is 4.93. The number of hydrogen-bond donors (Lipinski definition) is 2. The van der Waals surface area contributed by atoms with Gasteiger partial charge in [0.1, 0.15) is 11.9 Å². The lowest BCUT2D eigenvalue weighted by Gasteiger charge is -2.10. The van der Waals surface area contributed by atoms with Gasteiger partial charge in [0.2, 0.25) is 11.8 Å². The van der Waals surface area contributed by atoms with Gasteiger partial charge in [0.05, 0.1) is 6.42 Å². The number of likely N-dealkylation sites (tertiary alicyclic amines) is 1. The molecule has 1 fully saturated rings. The maximum Gasteiger partial charge on any atom is 0.322 e. The SMILES string of the molecule is CN1C(=O)CC(NC(=O)NC(=O)CCl)C1=O. The summed E-state index contributed by atoms with van der Waals surface area (Å²) in [4.78, 5) is 45.3. The first-order valence-electron chi connectivity index (χ1n) is 4.42. The number of nitrogens with one attached hydrogen (secondary N) is 2. The van der Waals surface area contributed by atoms with Crippen molar-refractivity contribution in [1.29, 1.82) is 0 Å². The maximum absolute atomic E-state index is 11.4. The lowest BCUT2D eigenvalue weighted by molar-refractivity contribution is -0.137. The fourth-order valence-electron chi connectivity index (χ4n) is 1.22. The van der Waals surface area contributed by atoms with Crippen LogP contribution < -0.4 is 10.6 Å². The van der Waals surface area contributed by atoms with Gasteiger partial charge in [-0.05, 0) is 0 Å². The molecule has 1 heterocycles. The molecule has 7 nitrogen and oxygen atoms in total. The third-order valence-electron chi connectivity index (χ3n) is 2.06. The lowest BCUT2D eigenvalue weighted by Crippen LogP contribution is -2.47. The minimum Gasteiger partial charge on any atom is -0.325 e. The van der Waals surface area contributed by atoms with E-state index in [2.05, 4.69) is 5.32 Å². The zero-order chi connectivity index (χ0) is 12.3. The number of rotatable bonds is 2. The molecular weight excluding hydrogens is 238 g/mol.